The van der Waals surface area contributed by atoms with Gasteiger partial charge in [-0.15, -0.1) is 0 Å². The van der Waals surface area contributed by atoms with Crippen LogP contribution in [0.25, 0.3) is 0 Å². The number of hydrogen-bond donors (Lipinski definition) is 2. The molecule has 0 fully saturated rings. The highest BCUT2D eigenvalue weighted by molar-refractivity contribution is 5.80. The van der Waals surface area contributed by atoms with Crippen molar-refractivity contribution in [1.82, 2.24) is 10.2 Å². The topological polar surface area (TPSA) is 105 Å². The summed E-state index contributed by atoms with van der Waals surface area (Å²) >= 11 is 0. The largest absolute Gasteiger partial charge is 0.480 e. The second kappa shape index (κ2) is 9.23. The van der Waals surface area contributed by atoms with E-state index in [1.165, 1.54) is 14.2 Å². The van der Waals surface area contributed by atoms with Crippen LogP contribution in [0.2, 0.25) is 0 Å². The lowest BCUT2D eigenvalue weighted by Crippen LogP contribution is -2.44. The maximum absolute atomic E-state index is 11.6. The van der Waals surface area contributed by atoms with Gasteiger partial charge in [-0.3, -0.25) is 9.59 Å². The van der Waals surface area contributed by atoms with Gasteiger partial charge < -0.3 is 24.8 Å². The first-order chi connectivity index (χ1) is 8.51. The number of nitrogens with one attached hydrogen (secondary N) is 1. The SMILES string of the molecule is COCCN(CC(=O)O)C(=O)NCCC(=O)OC. The van der Waals surface area contributed by atoms with E-state index in [0.29, 0.717) is 0 Å². The van der Waals surface area contributed by atoms with E-state index in [1.807, 2.05) is 0 Å². The summed E-state index contributed by atoms with van der Waals surface area (Å²) in [6, 6.07) is -0.557. The smallest absolute Gasteiger partial charge is 0.323 e. The van der Waals surface area contributed by atoms with Crippen LogP contribution in [0, 0.1) is 0 Å². The summed E-state index contributed by atoms with van der Waals surface area (Å²) in [6.45, 7) is 0.0621. The molecule has 8 nitrogen and oxygen atoms in total. The van der Waals surface area contributed by atoms with Crippen LogP contribution in [-0.2, 0) is 19.1 Å². The van der Waals surface area contributed by atoms with Crippen molar-refractivity contribution in [1.29, 1.82) is 0 Å². The highest BCUT2D eigenvalue weighted by Gasteiger charge is 2.16. The number of carbonyl (C=O) groups excluding carboxylic acids is 2. The lowest BCUT2D eigenvalue weighted by atomic mass is 10.4. The fourth-order valence-electron chi connectivity index (χ4n) is 1.10. The van der Waals surface area contributed by atoms with Gasteiger partial charge in [-0.1, -0.05) is 0 Å². The van der Waals surface area contributed by atoms with E-state index < -0.39 is 24.5 Å². The first-order valence-electron chi connectivity index (χ1n) is 5.31. The molecule has 0 aromatic rings. The molecular formula is C10H18N2O6. The van der Waals surface area contributed by atoms with Crippen molar-refractivity contribution in [3.8, 4) is 0 Å². The van der Waals surface area contributed by atoms with Crippen LogP contribution >= 0.6 is 0 Å². The highest BCUT2D eigenvalue weighted by atomic mass is 16.5. The van der Waals surface area contributed by atoms with Crippen LogP contribution in [-0.4, -0.2) is 68.4 Å². The van der Waals surface area contributed by atoms with Crippen LogP contribution in [0.4, 0.5) is 4.79 Å². The summed E-state index contributed by atoms with van der Waals surface area (Å²) in [5.74, 6) is -1.56. The molecule has 0 saturated heterocycles. The van der Waals surface area contributed by atoms with E-state index in [2.05, 4.69) is 10.1 Å². The second-order valence-corrected chi connectivity index (χ2v) is 3.37. The zero-order valence-corrected chi connectivity index (χ0v) is 10.5. The molecule has 2 amide bonds. The van der Waals surface area contributed by atoms with Crippen molar-refractivity contribution in [2.75, 3.05) is 40.5 Å². The summed E-state index contributed by atoms with van der Waals surface area (Å²) in [7, 11) is 2.70. The van der Waals surface area contributed by atoms with Gasteiger partial charge in [-0.2, -0.15) is 0 Å². The van der Waals surface area contributed by atoms with E-state index >= 15 is 0 Å². The lowest BCUT2D eigenvalue weighted by Gasteiger charge is -2.20. The minimum absolute atomic E-state index is 0.0351. The summed E-state index contributed by atoms with van der Waals surface area (Å²) in [6.07, 6.45) is 0.0351. The monoisotopic (exact) mass is 262 g/mol. The third-order valence-electron chi connectivity index (χ3n) is 2.01. The lowest BCUT2D eigenvalue weighted by molar-refractivity contribution is -0.140. The molecule has 104 valence electrons. The van der Waals surface area contributed by atoms with Crippen LogP contribution < -0.4 is 5.32 Å². The molecule has 0 spiro atoms. The molecule has 0 unspecified atom stereocenters. The number of esters is 1. The Kier molecular flexibility index (Phi) is 8.29. The molecule has 0 aliphatic carbocycles. The van der Waals surface area contributed by atoms with Gasteiger partial charge in [-0.25, -0.2) is 4.79 Å². The van der Waals surface area contributed by atoms with Gasteiger partial charge >= 0.3 is 18.0 Å². The minimum Gasteiger partial charge on any atom is -0.480 e. The van der Waals surface area contributed by atoms with E-state index in [0.717, 1.165) is 4.90 Å². The van der Waals surface area contributed by atoms with Crippen molar-refractivity contribution in [2.24, 2.45) is 0 Å². The number of nitrogens with zero attached hydrogens (tertiary/aromatic N) is 1. The molecule has 0 heterocycles. The number of hydrogen-bond acceptors (Lipinski definition) is 5. The summed E-state index contributed by atoms with van der Waals surface area (Å²) in [5.41, 5.74) is 0. The molecule has 0 saturated carbocycles. The Hall–Kier alpha value is -1.83. The zero-order valence-electron chi connectivity index (χ0n) is 10.5. The Bertz CT molecular complexity index is 294. The number of urea groups is 1. The Morgan fingerprint density at radius 3 is 2.44 bits per heavy atom. The number of methoxy groups -OCH3 is 2. The molecule has 0 aromatic carbocycles. The number of amides is 2. The molecule has 0 aliphatic heterocycles. The van der Waals surface area contributed by atoms with Gasteiger partial charge in [0.15, 0.2) is 0 Å². The first-order valence-corrected chi connectivity index (χ1v) is 5.31. The fourth-order valence-corrected chi connectivity index (χ4v) is 1.10. The number of aliphatic carboxylic acids is 1. The zero-order chi connectivity index (χ0) is 14.0. The molecule has 8 heteroatoms. The van der Waals surface area contributed by atoms with E-state index in [4.69, 9.17) is 9.84 Å². The predicted octanol–water partition coefficient (Wildman–Crippen LogP) is -0.708. The van der Waals surface area contributed by atoms with Crippen molar-refractivity contribution < 1.29 is 29.0 Å². The summed E-state index contributed by atoms with van der Waals surface area (Å²) in [4.78, 5) is 34.1. The normalized spacial score (nSPS) is 9.67. The fraction of sp³-hybridized carbons (Fsp3) is 0.700. The third-order valence-corrected chi connectivity index (χ3v) is 2.01. The van der Waals surface area contributed by atoms with Crippen LogP contribution in [0.5, 0.6) is 0 Å². The van der Waals surface area contributed by atoms with Crippen molar-refractivity contribution >= 4 is 18.0 Å². The van der Waals surface area contributed by atoms with Crippen LogP contribution in [0.15, 0.2) is 0 Å². The predicted molar refractivity (Wildman–Crippen MR) is 61.1 cm³/mol. The molecule has 0 bridgehead atoms. The van der Waals surface area contributed by atoms with Gasteiger partial charge in [0.1, 0.15) is 6.54 Å². The van der Waals surface area contributed by atoms with Crippen molar-refractivity contribution in [2.45, 2.75) is 6.42 Å². The van der Waals surface area contributed by atoms with Gasteiger partial charge in [0, 0.05) is 20.2 Å². The maximum Gasteiger partial charge on any atom is 0.323 e. The Labute approximate surface area is 105 Å². The maximum atomic E-state index is 11.6. The second-order valence-electron chi connectivity index (χ2n) is 3.37. The van der Waals surface area contributed by atoms with Crippen LogP contribution in [0.3, 0.4) is 0 Å². The third kappa shape index (κ3) is 7.44. The quantitative estimate of drug-likeness (QED) is 0.560. The first kappa shape index (κ1) is 16.2. The number of carboxylic acid groups (broad SMARTS) is 1. The Morgan fingerprint density at radius 1 is 1.28 bits per heavy atom. The molecule has 0 aromatic heterocycles. The number of ether oxygens (including phenoxy) is 2. The molecule has 0 atom stereocenters. The van der Waals surface area contributed by atoms with E-state index in [9.17, 15) is 14.4 Å². The van der Waals surface area contributed by atoms with E-state index in [1.54, 1.807) is 0 Å². The summed E-state index contributed by atoms with van der Waals surface area (Å²) in [5, 5.41) is 11.1. The summed E-state index contributed by atoms with van der Waals surface area (Å²) < 4.78 is 9.18. The van der Waals surface area contributed by atoms with Gasteiger partial charge in [0.2, 0.25) is 0 Å². The molecule has 0 aliphatic rings. The number of carbonyl (C=O) groups is 3. The van der Waals surface area contributed by atoms with Crippen molar-refractivity contribution in [3.63, 3.8) is 0 Å². The Balaban J connectivity index is 4.11. The number of rotatable bonds is 8. The Morgan fingerprint density at radius 2 is 1.94 bits per heavy atom. The molecule has 18 heavy (non-hydrogen) atoms. The molecule has 0 rings (SSSR count). The average molecular weight is 262 g/mol. The van der Waals surface area contributed by atoms with Crippen molar-refractivity contribution in [3.05, 3.63) is 0 Å². The van der Waals surface area contributed by atoms with Gasteiger partial charge in [0.05, 0.1) is 20.1 Å². The molecule has 0 radical (unpaired) electrons. The average Bonchev–Trinajstić information content (AvgIpc) is 2.33. The number of carboxylic acids is 1. The minimum atomic E-state index is -1.12. The van der Waals surface area contributed by atoms with Gasteiger partial charge in [-0.05, 0) is 0 Å². The highest BCUT2D eigenvalue weighted by Crippen LogP contribution is 1.91. The standard InChI is InChI=1S/C10H18N2O6/c1-17-6-5-12(7-8(13)14)10(16)11-4-3-9(15)18-2/h3-7H2,1-2H3,(H,11,16)(H,13,14). The molecule has 2 N–H and O–H groups in total. The van der Waals surface area contributed by atoms with Crippen LogP contribution in [0.1, 0.15) is 6.42 Å². The molecular weight excluding hydrogens is 244 g/mol. The van der Waals surface area contributed by atoms with Gasteiger partial charge in [0.25, 0.3) is 0 Å². The van der Waals surface area contributed by atoms with E-state index in [-0.39, 0.29) is 26.1 Å².